The third-order valence-corrected chi connectivity index (χ3v) is 4.62. The van der Waals surface area contributed by atoms with Gasteiger partial charge < -0.3 is 20.0 Å². The Balaban J connectivity index is 2.01. The number of piperazine rings is 1. The molecule has 1 fully saturated rings. The predicted molar refractivity (Wildman–Crippen MR) is 104 cm³/mol. The summed E-state index contributed by atoms with van der Waals surface area (Å²) in [6, 6.07) is 6.90. The molecule has 1 N–H and O–H groups in total. The van der Waals surface area contributed by atoms with Crippen molar-refractivity contribution < 1.29 is 9.18 Å². The van der Waals surface area contributed by atoms with Gasteiger partial charge in [0.1, 0.15) is 12.4 Å². The van der Waals surface area contributed by atoms with Gasteiger partial charge in [0.2, 0.25) is 5.91 Å². The van der Waals surface area contributed by atoms with Gasteiger partial charge in [-0.3, -0.25) is 4.79 Å². The smallest absolute Gasteiger partial charge is 0.243 e. The molecule has 6 nitrogen and oxygen atoms in total. The highest BCUT2D eigenvalue weighted by Crippen LogP contribution is 2.17. The molecular formula is C19H30FN5O. The molecular weight excluding hydrogens is 333 g/mol. The molecule has 1 unspecified atom stereocenters. The largest absolute Gasteiger partial charge is 0.368 e. The van der Waals surface area contributed by atoms with Crippen LogP contribution in [0.25, 0.3) is 0 Å². The molecule has 0 aromatic heterocycles. The zero-order chi connectivity index (χ0) is 19.1. The van der Waals surface area contributed by atoms with E-state index in [1.807, 2.05) is 12.1 Å². The number of anilines is 1. The zero-order valence-electron chi connectivity index (χ0n) is 16.2. The van der Waals surface area contributed by atoms with Crippen molar-refractivity contribution in [1.29, 1.82) is 0 Å². The second kappa shape index (κ2) is 9.40. The average molecular weight is 363 g/mol. The first kappa shape index (κ1) is 20.0. The van der Waals surface area contributed by atoms with Gasteiger partial charge in [-0.1, -0.05) is 6.92 Å². The number of halogens is 1. The first-order valence-electron chi connectivity index (χ1n) is 9.17. The molecule has 0 radical (unpaired) electrons. The van der Waals surface area contributed by atoms with Gasteiger partial charge in [0, 0.05) is 52.0 Å². The second-order valence-corrected chi connectivity index (χ2v) is 6.83. The predicted octanol–water partition coefficient (Wildman–Crippen LogP) is 1.78. The fourth-order valence-electron chi connectivity index (χ4n) is 2.67. The molecule has 1 atom stereocenters. The molecule has 2 rings (SSSR count). The molecule has 1 amide bonds. The molecule has 7 heteroatoms. The zero-order valence-corrected chi connectivity index (χ0v) is 16.2. The van der Waals surface area contributed by atoms with Crippen LogP contribution in [0, 0.1) is 5.82 Å². The summed E-state index contributed by atoms with van der Waals surface area (Å²) < 4.78 is 13.1. The molecule has 1 aromatic carbocycles. The van der Waals surface area contributed by atoms with Gasteiger partial charge in [0.05, 0.1) is 0 Å². The highest BCUT2D eigenvalue weighted by molar-refractivity contribution is 5.85. The van der Waals surface area contributed by atoms with Gasteiger partial charge in [-0.15, -0.1) is 0 Å². The molecule has 1 aliphatic heterocycles. The number of hydrogen-bond donors (Lipinski definition) is 1. The van der Waals surface area contributed by atoms with Crippen LogP contribution in [0.2, 0.25) is 0 Å². The van der Waals surface area contributed by atoms with Crippen molar-refractivity contribution >= 4 is 17.6 Å². The third-order valence-electron chi connectivity index (χ3n) is 4.62. The highest BCUT2D eigenvalue weighted by atomic mass is 19.1. The third kappa shape index (κ3) is 5.61. The Morgan fingerprint density at radius 1 is 1.23 bits per heavy atom. The fraction of sp³-hybridized carbons (Fsp3) is 0.579. The molecule has 1 aliphatic rings. The molecule has 0 spiro atoms. The van der Waals surface area contributed by atoms with Crippen LogP contribution in [0.3, 0.4) is 0 Å². The van der Waals surface area contributed by atoms with E-state index >= 15 is 0 Å². The Labute approximate surface area is 155 Å². The summed E-state index contributed by atoms with van der Waals surface area (Å²) in [6.45, 7) is 7.63. The summed E-state index contributed by atoms with van der Waals surface area (Å²) in [7, 11) is 3.47. The van der Waals surface area contributed by atoms with Crippen molar-refractivity contribution in [2.75, 3.05) is 51.7 Å². The first-order chi connectivity index (χ1) is 12.4. The highest BCUT2D eigenvalue weighted by Gasteiger charge is 2.21. The average Bonchev–Trinajstić information content (AvgIpc) is 2.65. The summed E-state index contributed by atoms with van der Waals surface area (Å²) >= 11 is 0. The number of aliphatic imine (C=N–C) groups is 1. The van der Waals surface area contributed by atoms with Crippen molar-refractivity contribution in [3.63, 3.8) is 0 Å². The maximum atomic E-state index is 13.1. The van der Waals surface area contributed by atoms with Crippen molar-refractivity contribution in [1.82, 2.24) is 15.1 Å². The van der Waals surface area contributed by atoms with Crippen LogP contribution in [-0.4, -0.2) is 74.5 Å². The van der Waals surface area contributed by atoms with Crippen molar-refractivity contribution in [2.24, 2.45) is 4.99 Å². The number of nitrogens with zero attached hydrogens (tertiary/aromatic N) is 4. The van der Waals surface area contributed by atoms with E-state index in [-0.39, 0.29) is 18.3 Å². The number of carbonyl (C=O) groups is 1. The number of likely N-dealkylation sites (N-methyl/N-ethyl adjacent to an activating group) is 1. The van der Waals surface area contributed by atoms with Crippen molar-refractivity contribution in [3.05, 3.63) is 30.1 Å². The van der Waals surface area contributed by atoms with Gasteiger partial charge in [-0.2, -0.15) is 0 Å². The lowest BCUT2D eigenvalue weighted by Gasteiger charge is -2.38. The Kier molecular flexibility index (Phi) is 7.24. The van der Waals surface area contributed by atoms with E-state index in [9.17, 15) is 9.18 Å². The summed E-state index contributed by atoms with van der Waals surface area (Å²) in [5.74, 6) is 0.553. The lowest BCUT2D eigenvalue weighted by molar-refractivity contribution is -0.127. The topological polar surface area (TPSA) is 51.2 Å². The number of rotatable bonds is 5. The summed E-state index contributed by atoms with van der Waals surface area (Å²) in [4.78, 5) is 22.4. The Morgan fingerprint density at radius 2 is 1.85 bits per heavy atom. The van der Waals surface area contributed by atoms with Gasteiger partial charge in [-0.25, -0.2) is 9.38 Å². The first-order valence-corrected chi connectivity index (χ1v) is 9.17. The second-order valence-electron chi connectivity index (χ2n) is 6.83. The van der Waals surface area contributed by atoms with Crippen LogP contribution in [0.15, 0.2) is 29.3 Å². The van der Waals surface area contributed by atoms with E-state index in [2.05, 4.69) is 34.0 Å². The maximum Gasteiger partial charge on any atom is 0.243 e. The molecule has 0 saturated carbocycles. The normalized spacial score (nSPS) is 16.4. The van der Waals surface area contributed by atoms with E-state index in [4.69, 9.17) is 0 Å². The number of guanidine groups is 1. The minimum absolute atomic E-state index is 0.0154. The van der Waals surface area contributed by atoms with Crippen LogP contribution in [0.4, 0.5) is 10.1 Å². The van der Waals surface area contributed by atoms with Gasteiger partial charge in [-0.05, 0) is 37.6 Å². The van der Waals surface area contributed by atoms with Crippen LogP contribution in [-0.2, 0) is 4.79 Å². The van der Waals surface area contributed by atoms with Crippen LogP contribution in [0.5, 0.6) is 0 Å². The van der Waals surface area contributed by atoms with Crippen molar-refractivity contribution in [2.45, 2.75) is 26.3 Å². The summed E-state index contributed by atoms with van der Waals surface area (Å²) in [6.07, 6.45) is 0.982. The minimum Gasteiger partial charge on any atom is -0.368 e. The molecule has 0 bridgehead atoms. The Hall–Kier alpha value is -2.31. The molecule has 26 heavy (non-hydrogen) atoms. The lowest BCUT2D eigenvalue weighted by atomic mass is 10.2. The maximum absolute atomic E-state index is 13.1. The van der Waals surface area contributed by atoms with E-state index in [0.717, 1.165) is 44.2 Å². The Bertz CT molecular complexity index is 609. The lowest BCUT2D eigenvalue weighted by Crippen LogP contribution is -2.54. The van der Waals surface area contributed by atoms with Crippen LogP contribution >= 0.6 is 0 Å². The van der Waals surface area contributed by atoms with Gasteiger partial charge in [0.15, 0.2) is 5.96 Å². The van der Waals surface area contributed by atoms with Gasteiger partial charge in [0.25, 0.3) is 0 Å². The van der Waals surface area contributed by atoms with E-state index in [1.54, 1.807) is 19.0 Å². The number of amides is 1. The Morgan fingerprint density at radius 3 is 2.38 bits per heavy atom. The molecule has 1 aromatic rings. The van der Waals surface area contributed by atoms with Crippen molar-refractivity contribution in [3.8, 4) is 0 Å². The monoisotopic (exact) mass is 363 g/mol. The standard InChI is InChI=1S/C19H30FN5O/c1-5-15(2)22-19(21-14-18(26)23(3)4)25-12-10-24(11-13-25)17-8-6-16(20)7-9-17/h6-9,15H,5,10-14H2,1-4H3,(H,21,22). The van der Waals surface area contributed by atoms with Crippen LogP contribution < -0.4 is 10.2 Å². The molecule has 144 valence electrons. The van der Waals surface area contributed by atoms with Gasteiger partial charge >= 0.3 is 0 Å². The quantitative estimate of drug-likeness (QED) is 0.640. The molecule has 1 saturated heterocycles. The molecule has 0 aliphatic carbocycles. The minimum atomic E-state index is -0.217. The fourth-order valence-corrected chi connectivity index (χ4v) is 2.67. The van der Waals surface area contributed by atoms with Crippen LogP contribution in [0.1, 0.15) is 20.3 Å². The summed E-state index contributed by atoms with van der Waals surface area (Å²) in [5, 5.41) is 3.43. The number of carbonyl (C=O) groups excluding carboxylic acids is 1. The van der Waals surface area contributed by atoms with E-state index in [1.165, 1.54) is 12.1 Å². The van der Waals surface area contributed by atoms with E-state index in [0.29, 0.717) is 6.04 Å². The number of benzene rings is 1. The van der Waals surface area contributed by atoms with E-state index < -0.39 is 0 Å². The molecule has 1 heterocycles. The SMILES string of the molecule is CCC(C)NC(=NCC(=O)N(C)C)N1CCN(c2ccc(F)cc2)CC1. The number of hydrogen-bond acceptors (Lipinski definition) is 3. The summed E-state index contributed by atoms with van der Waals surface area (Å²) in [5.41, 5.74) is 1.03. The number of nitrogens with one attached hydrogen (secondary N) is 1.